The Balaban J connectivity index is -0.0000000619. The molecule has 0 bridgehead atoms. The van der Waals surface area contributed by atoms with E-state index < -0.39 is 0 Å². The Morgan fingerprint density at radius 3 is 0.885 bits per heavy atom. The van der Waals surface area contributed by atoms with E-state index in [-0.39, 0.29) is 0 Å². The van der Waals surface area contributed by atoms with Gasteiger partial charge in [-0.15, -0.1) is 41.9 Å². The summed E-state index contributed by atoms with van der Waals surface area (Å²) in [6.07, 6.45) is 30.6. The largest absolute Gasteiger partial charge is 0.426 e. The van der Waals surface area contributed by atoms with Crippen LogP contribution in [0.15, 0.2) is 156 Å². The Morgan fingerprint density at radius 2 is 0.779 bits per heavy atom. The number of rotatable bonds is 0. The number of aryl methyl sites for hydroxylation is 11. The lowest BCUT2D eigenvalue weighted by Crippen LogP contribution is -1.92. The monoisotopic (exact) mass is 1500 g/mol. The lowest BCUT2D eigenvalue weighted by atomic mass is 10.4. The second-order valence-electron chi connectivity index (χ2n) is 12.7. The van der Waals surface area contributed by atoms with Crippen molar-refractivity contribution in [1.82, 2.24) is 140 Å². The fourth-order valence-electron chi connectivity index (χ4n) is 3.23. The van der Waals surface area contributed by atoms with Crippen molar-refractivity contribution in [1.29, 1.82) is 0 Å². The lowest BCUT2D eigenvalue weighted by molar-refractivity contribution is 0.302. The summed E-state index contributed by atoms with van der Waals surface area (Å²) in [5.41, 5.74) is 1.72. The molecule has 0 amide bonds. The first-order valence-corrected chi connectivity index (χ1v) is 37.5. The van der Waals surface area contributed by atoms with Crippen molar-refractivity contribution in [3.63, 3.8) is 0 Å². The van der Waals surface area contributed by atoms with Gasteiger partial charge in [0.1, 0.15) is 58.9 Å². The van der Waals surface area contributed by atoms with E-state index in [4.69, 9.17) is 4.42 Å². The van der Waals surface area contributed by atoms with E-state index in [9.17, 15) is 0 Å². The van der Waals surface area contributed by atoms with Crippen molar-refractivity contribution in [2.45, 2.75) is 256 Å². The highest BCUT2D eigenvalue weighted by molar-refractivity contribution is 7.11. The van der Waals surface area contributed by atoms with Crippen LogP contribution in [0.2, 0.25) is 0 Å². The van der Waals surface area contributed by atoms with E-state index in [2.05, 4.69) is 130 Å². The smallest absolute Gasteiger partial charge is 0.213 e. The fraction of sp³-hybridized carbons (Fsp3) is 0.577. The van der Waals surface area contributed by atoms with Gasteiger partial charge in [-0.1, -0.05) is 228 Å². The van der Waals surface area contributed by atoms with Gasteiger partial charge in [-0.3, -0.25) is 19.3 Å². The molecule has 0 N–H and O–H groups in total. The van der Waals surface area contributed by atoms with Crippen molar-refractivity contribution in [2.75, 3.05) is 0 Å². The predicted molar refractivity (Wildman–Crippen MR) is 436 cm³/mol. The Morgan fingerprint density at radius 1 is 0.365 bits per heavy atom. The van der Waals surface area contributed by atoms with Crippen LogP contribution in [-0.2, 0) is 28.2 Å². The number of tetrazole rings is 1. The molecule has 600 valence electrons. The molecule has 0 fully saturated rings. The lowest BCUT2D eigenvalue weighted by Gasteiger charge is -1.81. The van der Waals surface area contributed by atoms with E-state index >= 15 is 0 Å². The maximum Gasteiger partial charge on any atom is 0.213 e. The SMILES string of the molecule is CC.CC.CC.CC.CC.CC.CC.CC.CC.CC.CC.CC.CC.CC.CC.Cc1nnc(C)o1.Cc1nnc(C)s1.Cc1nnnn1C.Cc1nonc1C.Cn1ccnc1.Cn1cncn1.Cn1cncn1.c1ccnnc1.c1cnccn1.c1cncnc1.c1csnn1.c1ncon1. The molecule has 0 saturated heterocycles. The molecule has 0 aliphatic heterocycles. The summed E-state index contributed by atoms with van der Waals surface area (Å²) in [6, 6.07) is 5.43. The number of imidazole rings is 1. The van der Waals surface area contributed by atoms with Crippen LogP contribution in [-0.4, -0.2) is 140 Å². The van der Waals surface area contributed by atoms with Crippen LogP contribution in [0, 0.1) is 48.5 Å². The minimum Gasteiger partial charge on any atom is -0.426 e. The normalized spacial score (nSPS) is 7.09. The molecule has 12 aromatic heterocycles. The van der Waals surface area contributed by atoms with Crippen LogP contribution >= 0.6 is 22.9 Å². The van der Waals surface area contributed by atoms with Gasteiger partial charge < -0.3 is 13.5 Å². The molecule has 0 aliphatic carbocycles. The van der Waals surface area contributed by atoms with Crippen molar-refractivity contribution in [2.24, 2.45) is 28.2 Å². The van der Waals surface area contributed by atoms with E-state index in [0.29, 0.717) is 11.8 Å². The molecule has 0 aromatic carbocycles. The third-order valence-corrected chi connectivity index (χ3v) is 7.86. The minimum absolute atomic E-state index is 0.623. The molecular formula is C71H146N28O3S2. The van der Waals surface area contributed by atoms with Crippen molar-refractivity contribution in [3.05, 3.63) is 181 Å². The summed E-state index contributed by atoms with van der Waals surface area (Å²) < 4.78 is 23.7. The zero-order valence-corrected chi connectivity index (χ0v) is 74.0. The van der Waals surface area contributed by atoms with Crippen LogP contribution in [0.4, 0.5) is 0 Å². The first-order chi connectivity index (χ1) is 50.9. The van der Waals surface area contributed by atoms with Crippen molar-refractivity contribution in [3.8, 4) is 0 Å². The summed E-state index contributed by atoms with van der Waals surface area (Å²) in [4.78, 5) is 29.4. The zero-order valence-electron chi connectivity index (χ0n) is 72.3. The van der Waals surface area contributed by atoms with Crippen molar-refractivity contribution < 1.29 is 13.6 Å². The summed E-state index contributed by atoms with van der Waals surface area (Å²) >= 11 is 2.97. The summed E-state index contributed by atoms with van der Waals surface area (Å²) in [6.45, 7) is 73.0. The highest BCUT2D eigenvalue weighted by Crippen LogP contribution is 2.04. The Labute approximate surface area is 638 Å². The molecule has 0 spiro atoms. The molecule has 12 aromatic rings. The Kier molecular flexibility index (Phi) is 176. The average molecular weight is 1500 g/mol. The molecule has 0 unspecified atom stereocenters. The van der Waals surface area contributed by atoms with Gasteiger partial charge in [0.05, 0.1) is 12.5 Å². The molecule has 31 nitrogen and oxygen atoms in total. The molecule has 12 heterocycles. The number of nitrogens with zero attached hydrogens (tertiary/aromatic N) is 28. The third-order valence-electron chi connectivity index (χ3n) is 6.67. The van der Waals surface area contributed by atoms with E-state index in [0.717, 1.165) is 27.2 Å². The van der Waals surface area contributed by atoms with E-state index in [1.165, 1.54) is 43.2 Å². The van der Waals surface area contributed by atoms with Crippen LogP contribution in [0.5, 0.6) is 0 Å². The number of aromatic nitrogens is 28. The highest BCUT2D eigenvalue weighted by Gasteiger charge is 1.93. The summed E-state index contributed by atoms with van der Waals surface area (Å²) in [5.74, 6) is 2.08. The van der Waals surface area contributed by atoms with Crippen LogP contribution < -0.4 is 0 Å². The summed E-state index contributed by atoms with van der Waals surface area (Å²) in [5, 5.41) is 57.5. The standard InChI is InChI=1S/2C4H6N2O.C4H6N2S.C4H6N2.3C4H4N2.C3H6N4.2C3H5N3.C2H2N2O.C2H2N2S.15C2H6/c1-3-5-6-4(2)7-3;1-3-4(2)6-7-5-3;1-3-5-6-4(2)7-3;1-6-3-2-5-4-6;1-2-6-4-3-5-1;1-2-5-4-6-3-1;1-2-4-6-5-3-1;1-3-4-5-6-7(3)2;2*1-6-3-4-2-5-6;1-3-2-5-4-1;1-2-5-4-3-1;15*1-2/h3*1-2H3;2-4H,1H3;3*1-4H;1-2H3;2*2-3H,1H3;2*1-2H;15*1-2H3. The number of hydrogen-bond donors (Lipinski definition) is 0. The Bertz CT molecular complexity index is 2450. The predicted octanol–water partition coefficient (Wildman–Crippen LogP) is 19.5. The van der Waals surface area contributed by atoms with E-state index in [1.54, 1.807) is 133 Å². The number of hydrogen-bond acceptors (Lipinski definition) is 29. The van der Waals surface area contributed by atoms with Gasteiger partial charge in [-0.2, -0.15) is 20.4 Å². The maximum atomic E-state index is 4.86. The molecule has 0 atom stereocenters. The molecule has 0 radical (unpaired) electrons. The molecular weight excluding hydrogens is 1360 g/mol. The molecule has 12 rings (SSSR count). The minimum atomic E-state index is 0.623. The van der Waals surface area contributed by atoms with Gasteiger partial charge in [0.15, 0.2) is 6.33 Å². The van der Waals surface area contributed by atoms with Gasteiger partial charge in [0.2, 0.25) is 18.2 Å². The fourth-order valence-corrected chi connectivity index (χ4v) is 4.10. The van der Waals surface area contributed by atoms with Crippen LogP contribution in [0.1, 0.15) is 247 Å². The summed E-state index contributed by atoms with van der Waals surface area (Å²) in [7, 11) is 7.39. The second kappa shape index (κ2) is 140. The highest BCUT2D eigenvalue weighted by atomic mass is 32.1. The van der Waals surface area contributed by atoms with Crippen LogP contribution in [0.3, 0.4) is 0 Å². The van der Waals surface area contributed by atoms with Crippen molar-refractivity contribution >= 4 is 22.9 Å². The average Bonchev–Trinajstić information content (AvgIpc) is 1.92. The topological polar surface area (TPSA) is 368 Å². The van der Waals surface area contributed by atoms with Crippen LogP contribution in [0.25, 0.3) is 0 Å². The van der Waals surface area contributed by atoms with E-state index in [1.807, 2.05) is 292 Å². The van der Waals surface area contributed by atoms with Gasteiger partial charge >= 0.3 is 0 Å². The quantitative estimate of drug-likeness (QED) is 0.136. The molecule has 0 saturated carbocycles. The molecule has 0 aliphatic rings. The molecule has 33 heteroatoms. The first kappa shape index (κ1) is 131. The third kappa shape index (κ3) is 129. The zero-order chi connectivity index (χ0) is 84.1. The van der Waals surface area contributed by atoms with Gasteiger partial charge in [-0.05, 0) is 74.8 Å². The van der Waals surface area contributed by atoms with Gasteiger partial charge in [0, 0.05) is 109 Å². The second-order valence-corrected chi connectivity index (χ2v) is 14.7. The maximum absolute atomic E-state index is 4.86. The van der Waals surface area contributed by atoms with Gasteiger partial charge in [-0.25, -0.2) is 39.2 Å². The first-order valence-electron chi connectivity index (χ1n) is 35.9. The molecule has 104 heavy (non-hydrogen) atoms. The Hall–Kier alpha value is -9.66. The van der Waals surface area contributed by atoms with Gasteiger partial charge in [0.25, 0.3) is 0 Å².